The van der Waals surface area contributed by atoms with E-state index in [1.54, 1.807) is 6.20 Å². The van der Waals surface area contributed by atoms with Crippen molar-refractivity contribution in [3.63, 3.8) is 0 Å². The van der Waals surface area contributed by atoms with Gasteiger partial charge in [-0.05, 0) is 56.4 Å². The first-order chi connectivity index (χ1) is 17.7. The number of aromatic nitrogens is 3. The number of nitrogens with one attached hydrogen (secondary N) is 2. The van der Waals surface area contributed by atoms with E-state index in [2.05, 4.69) is 60.6 Å². The topological polar surface area (TPSA) is 95.6 Å². The summed E-state index contributed by atoms with van der Waals surface area (Å²) >= 11 is 0. The number of rotatable bonds is 8. The molecule has 4 rings (SSSR count). The summed E-state index contributed by atoms with van der Waals surface area (Å²) in [4.78, 5) is 17.8. The van der Waals surface area contributed by atoms with E-state index in [9.17, 15) is 4.79 Å². The van der Waals surface area contributed by atoms with Crippen LogP contribution < -0.4 is 10.6 Å². The molecular formula is C30H34N6O. The zero-order chi connectivity index (χ0) is 26.4. The summed E-state index contributed by atoms with van der Waals surface area (Å²) in [5.41, 5.74) is 3.88. The third-order valence-corrected chi connectivity index (χ3v) is 6.50. The molecule has 1 aliphatic rings. The van der Waals surface area contributed by atoms with E-state index in [0.717, 1.165) is 23.1 Å². The Morgan fingerprint density at radius 2 is 1.95 bits per heavy atom. The van der Waals surface area contributed by atoms with Crippen molar-refractivity contribution in [3.05, 3.63) is 90.4 Å². The van der Waals surface area contributed by atoms with Crippen LogP contribution in [0.5, 0.6) is 0 Å². The number of carbonyl (C=O) groups excluding carboxylic acids is 1. The molecule has 3 aromatic rings. The van der Waals surface area contributed by atoms with Crippen molar-refractivity contribution in [2.24, 2.45) is 11.8 Å². The van der Waals surface area contributed by atoms with E-state index in [-0.39, 0.29) is 23.3 Å². The molecule has 37 heavy (non-hydrogen) atoms. The third-order valence-electron chi connectivity index (χ3n) is 6.50. The molecule has 0 saturated heterocycles. The molecule has 0 aliphatic heterocycles. The Kier molecular flexibility index (Phi) is 8.00. The molecule has 3 unspecified atom stereocenters. The van der Waals surface area contributed by atoms with E-state index >= 15 is 0 Å². The van der Waals surface area contributed by atoms with Gasteiger partial charge in [0.05, 0.1) is 23.7 Å². The summed E-state index contributed by atoms with van der Waals surface area (Å²) in [6.45, 7) is 9.05. The number of hydrogen-bond acceptors (Lipinski definition) is 5. The zero-order valence-corrected chi connectivity index (χ0v) is 21.8. The van der Waals surface area contributed by atoms with Gasteiger partial charge in [0, 0.05) is 30.1 Å². The van der Waals surface area contributed by atoms with Crippen LogP contribution in [-0.2, 0) is 10.3 Å². The SMILES string of the molecule is CC(CNC(C(=O)Nc1ccc(-c2cnn(C(C)(C)C)c2)cn1)c1ccccc1)C1=CCC(C#N)C=C1. The highest BCUT2D eigenvalue weighted by Gasteiger charge is 2.22. The van der Waals surface area contributed by atoms with Gasteiger partial charge < -0.3 is 10.6 Å². The maximum atomic E-state index is 13.4. The van der Waals surface area contributed by atoms with Crippen LogP contribution in [0.2, 0.25) is 0 Å². The lowest BCUT2D eigenvalue weighted by molar-refractivity contribution is -0.118. The standard InChI is InChI=1S/C30H34N6O/c1-21(23-12-10-22(16-31)11-13-23)17-33-28(24-8-6-5-7-9-24)29(37)35-27-15-14-25(18-32-27)26-19-34-36(20-26)30(2,3)4/h5-10,12-15,18-22,28,33H,11,17H2,1-4H3,(H,32,35,37). The molecule has 0 radical (unpaired) electrons. The molecule has 7 nitrogen and oxygen atoms in total. The van der Waals surface area contributed by atoms with Crippen LogP contribution >= 0.6 is 0 Å². The summed E-state index contributed by atoms with van der Waals surface area (Å²) in [6.07, 6.45) is 12.4. The first kappa shape index (κ1) is 26.1. The number of amides is 1. The molecule has 190 valence electrons. The summed E-state index contributed by atoms with van der Waals surface area (Å²) in [5.74, 6) is 0.465. The Labute approximate surface area is 218 Å². The monoisotopic (exact) mass is 494 g/mol. The second-order valence-electron chi connectivity index (χ2n) is 10.5. The van der Waals surface area contributed by atoms with Gasteiger partial charge >= 0.3 is 0 Å². The number of carbonyl (C=O) groups is 1. The summed E-state index contributed by atoms with van der Waals surface area (Å²) < 4.78 is 1.93. The maximum absolute atomic E-state index is 13.4. The Morgan fingerprint density at radius 1 is 1.16 bits per heavy atom. The number of pyridine rings is 1. The van der Waals surface area contributed by atoms with Gasteiger partial charge in [-0.2, -0.15) is 10.4 Å². The highest BCUT2D eigenvalue weighted by molar-refractivity contribution is 5.95. The lowest BCUT2D eigenvalue weighted by atomic mass is 9.91. The van der Waals surface area contributed by atoms with Gasteiger partial charge in [0.2, 0.25) is 5.91 Å². The highest BCUT2D eigenvalue weighted by atomic mass is 16.2. The lowest BCUT2D eigenvalue weighted by Gasteiger charge is -2.23. The first-order valence-electron chi connectivity index (χ1n) is 12.6. The van der Waals surface area contributed by atoms with E-state index in [1.165, 1.54) is 5.57 Å². The van der Waals surface area contributed by atoms with E-state index in [4.69, 9.17) is 5.26 Å². The van der Waals surface area contributed by atoms with Crippen molar-refractivity contribution in [2.75, 3.05) is 11.9 Å². The maximum Gasteiger partial charge on any atom is 0.247 e. The van der Waals surface area contributed by atoms with Crippen molar-refractivity contribution >= 4 is 11.7 Å². The van der Waals surface area contributed by atoms with Gasteiger partial charge in [0.15, 0.2) is 0 Å². The first-order valence-corrected chi connectivity index (χ1v) is 12.6. The molecule has 2 heterocycles. The molecule has 7 heteroatoms. The number of nitrogens with zero attached hydrogens (tertiary/aromatic N) is 4. The lowest BCUT2D eigenvalue weighted by Crippen LogP contribution is -2.36. The van der Waals surface area contributed by atoms with Gasteiger partial charge in [-0.25, -0.2) is 4.98 Å². The van der Waals surface area contributed by atoms with E-state index < -0.39 is 6.04 Å². The molecule has 2 N–H and O–H groups in total. The Bertz CT molecular complexity index is 1310. The van der Waals surface area contributed by atoms with Crippen LogP contribution in [0.15, 0.2) is 84.9 Å². The smallest absolute Gasteiger partial charge is 0.247 e. The van der Waals surface area contributed by atoms with E-state index in [1.807, 2.05) is 71.7 Å². The molecular weight excluding hydrogens is 460 g/mol. The number of hydrogen-bond donors (Lipinski definition) is 2. The van der Waals surface area contributed by atoms with Crippen LogP contribution in [0, 0.1) is 23.2 Å². The van der Waals surface area contributed by atoms with E-state index in [0.29, 0.717) is 12.4 Å². The molecule has 0 bridgehead atoms. The zero-order valence-electron chi connectivity index (χ0n) is 21.8. The fourth-order valence-corrected chi connectivity index (χ4v) is 4.19. The summed E-state index contributed by atoms with van der Waals surface area (Å²) in [6, 6.07) is 15.2. The van der Waals surface area contributed by atoms with Gasteiger partial charge in [0.25, 0.3) is 0 Å². The van der Waals surface area contributed by atoms with Crippen LogP contribution in [0.25, 0.3) is 11.1 Å². The molecule has 3 atom stereocenters. The van der Waals surface area contributed by atoms with Crippen molar-refractivity contribution in [3.8, 4) is 17.2 Å². The predicted octanol–water partition coefficient (Wildman–Crippen LogP) is 5.63. The average Bonchev–Trinajstić information content (AvgIpc) is 3.41. The number of allylic oxidation sites excluding steroid dienone is 3. The molecule has 1 amide bonds. The van der Waals surface area contributed by atoms with Gasteiger partial charge in [-0.3, -0.25) is 9.48 Å². The van der Waals surface area contributed by atoms with Crippen molar-refractivity contribution in [2.45, 2.75) is 45.7 Å². The van der Waals surface area contributed by atoms with Crippen LogP contribution in [0.1, 0.15) is 45.7 Å². The highest BCUT2D eigenvalue weighted by Crippen LogP contribution is 2.24. The summed E-state index contributed by atoms with van der Waals surface area (Å²) in [5, 5.41) is 20.0. The molecule has 2 aromatic heterocycles. The second-order valence-corrected chi connectivity index (χ2v) is 10.5. The molecule has 1 aliphatic carbocycles. The third kappa shape index (κ3) is 6.60. The van der Waals surface area contributed by atoms with Gasteiger partial charge in [-0.1, -0.05) is 55.5 Å². The fourth-order valence-electron chi connectivity index (χ4n) is 4.19. The largest absolute Gasteiger partial charge is 0.309 e. The second kappa shape index (κ2) is 11.4. The molecule has 0 fully saturated rings. The molecule has 0 spiro atoms. The van der Waals surface area contributed by atoms with Crippen molar-refractivity contribution in [1.82, 2.24) is 20.1 Å². The Balaban J connectivity index is 1.43. The summed E-state index contributed by atoms with van der Waals surface area (Å²) in [7, 11) is 0. The number of nitriles is 1. The Morgan fingerprint density at radius 3 is 2.54 bits per heavy atom. The van der Waals surface area contributed by atoms with Crippen LogP contribution in [0.3, 0.4) is 0 Å². The predicted molar refractivity (Wildman–Crippen MR) is 146 cm³/mol. The molecule has 1 aromatic carbocycles. The van der Waals surface area contributed by atoms with Gasteiger partial charge in [-0.15, -0.1) is 0 Å². The van der Waals surface area contributed by atoms with Gasteiger partial charge in [0.1, 0.15) is 11.9 Å². The van der Waals surface area contributed by atoms with Crippen LogP contribution in [0.4, 0.5) is 5.82 Å². The number of benzene rings is 1. The normalized spacial score (nSPS) is 16.9. The average molecular weight is 495 g/mol. The molecule has 0 saturated carbocycles. The fraction of sp³-hybridized carbons (Fsp3) is 0.333. The van der Waals surface area contributed by atoms with Crippen molar-refractivity contribution in [1.29, 1.82) is 5.26 Å². The van der Waals surface area contributed by atoms with Crippen LogP contribution in [-0.4, -0.2) is 27.2 Å². The quantitative estimate of drug-likeness (QED) is 0.423. The minimum absolute atomic E-state index is 0.0553. The minimum Gasteiger partial charge on any atom is -0.309 e. The van der Waals surface area contributed by atoms with Crippen molar-refractivity contribution < 1.29 is 4.79 Å². The Hall–Kier alpha value is -4.02. The number of anilines is 1. The minimum atomic E-state index is -0.532.